The van der Waals surface area contributed by atoms with Gasteiger partial charge < -0.3 is 9.26 Å². The maximum absolute atomic E-state index is 5.55. The van der Waals surface area contributed by atoms with E-state index in [1.807, 2.05) is 19.1 Å². The Bertz CT molecular complexity index is 591. The number of aromatic nitrogens is 1. The number of ether oxygens (including phenoxy) is 1. The Kier molecular flexibility index (Phi) is 4.78. The predicted molar refractivity (Wildman–Crippen MR) is 85.9 cm³/mol. The van der Waals surface area contributed by atoms with Crippen molar-refractivity contribution in [2.45, 2.75) is 45.7 Å². The third-order valence-electron chi connectivity index (χ3n) is 4.25. The highest BCUT2D eigenvalue weighted by Crippen LogP contribution is 2.33. The third-order valence-corrected chi connectivity index (χ3v) is 4.25. The van der Waals surface area contributed by atoms with E-state index in [1.54, 1.807) is 0 Å². The van der Waals surface area contributed by atoms with Gasteiger partial charge in [0, 0.05) is 12.6 Å². The van der Waals surface area contributed by atoms with E-state index >= 15 is 0 Å². The van der Waals surface area contributed by atoms with Gasteiger partial charge in [-0.3, -0.25) is 4.90 Å². The molecule has 0 bridgehead atoms. The van der Waals surface area contributed by atoms with Crippen molar-refractivity contribution < 1.29 is 9.26 Å². The standard InChI is InChI=1S/C18H24N2O2/c1-3-15-12-18(22-19-15)17-6-5-11-20(17)13-14-7-9-16(10-8-14)21-4-2/h7-10,12,17H,3-6,11,13H2,1-2H3/t17-/m0/s1. The van der Waals surface area contributed by atoms with Gasteiger partial charge in [-0.15, -0.1) is 0 Å². The highest BCUT2D eigenvalue weighted by molar-refractivity contribution is 5.27. The molecule has 4 heteroatoms. The SMILES string of the molecule is CCOc1ccc(CN2CCC[C@H]2c2cc(CC)no2)cc1. The molecule has 118 valence electrons. The number of rotatable bonds is 6. The fraction of sp³-hybridized carbons (Fsp3) is 0.500. The number of nitrogens with zero attached hydrogens (tertiary/aromatic N) is 2. The minimum atomic E-state index is 0.361. The lowest BCUT2D eigenvalue weighted by Crippen LogP contribution is -2.22. The second kappa shape index (κ2) is 6.97. The molecule has 0 radical (unpaired) electrons. The predicted octanol–water partition coefficient (Wildman–Crippen LogP) is 3.97. The molecule has 0 spiro atoms. The van der Waals surface area contributed by atoms with Gasteiger partial charge in [0.15, 0.2) is 5.76 Å². The summed E-state index contributed by atoms with van der Waals surface area (Å²) in [5.41, 5.74) is 2.36. The molecule has 1 aromatic heterocycles. The minimum Gasteiger partial charge on any atom is -0.494 e. The van der Waals surface area contributed by atoms with E-state index in [9.17, 15) is 0 Å². The lowest BCUT2D eigenvalue weighted by atomic mass is 10.1. The summed E-state index contributed by atoms with van der Waals surface area (Å²) in [6, 6.07) is 10.9. The lowest BCUT2D eigenvalue weighted by molar-refractivity contribution is 0.206. The fourth-order valence-corrected chi connectivity index (χ4v) is 3.08. The van der Waals surface area contributed by atoms with Crippen LogP contribution < -0.4 is 4.74 Å². The Morgan fingerprint density at radius 2 is 2.09 bits per heavy atom. The molecule has 2 aromatic rings. The second-order valence-electron chi connectivity index (χ2n) is 5.78. The Morgan fingerprint density at radius 1 is 1.27 bits per heavy atom. The summed E-state index contributed by atoms with van der Waals surface area (Å²) in [6.45, 7) is 6.87. The molecule has 1 aliphatic heterocycles. The van der Waals surface area contributed by atoms with Crippen LogP contribution in [0.3, 0.4) is 0 Å². The van der Waals surface area contributed by atoms with Gasteiger partial charge in [-0.1, -0.05) is 24.2 Å². The summed E-state index contributed by atoms with van der Waals surface area (Å²) in [6.07, 6.45) is 3.29. The number of aryl methyl sites for hydroxylation is 1. The zero-order valence-corrected chi connectivity index (χ0v) is 13.4. The van der Waals surface area contributed by atoms with Crippen molar-refractivity contribution in [1.82, 2.24) is 10.1 Å². The van der Waals surface area contributed by atoms with E-state index in [2.05, 4.69) is 35.2 Å². The van der Waals surface area contributed by atoms with Gasteiger partial charge in [0.1, 0.15) is 5.75 Å². The van der Waals surface area contributed by atoms with E-state index in [1.165, 1.54) is 12.0 Å². The molecule has 1 atom stereocenters. The first-order chi connectivity index (χ1) is 10.8. The normalized spacial score (nSPS) is 18.7. The topological polar surface area (TPSA) is 38.5 Å². The van der Waals surface area contributed by atoms with Crippen molar-refractivity contribution in [2.24, 2.45) is 0 Å². The Hall–Kier alpha value is -1.81. The van der Waals surface area contributed by atoms with Crippen molar-refractivity contribution in [2.75, 3.05) is 13.2 Å². The maximum atomic E-state index is 5.55. The van der Waals surface area contributed by atoms with Crippen LogP contribution in [0, 0.1) is 0 Å². The summed E-state index contributed by atoms with van der Waals surface area (Å²) in [4.78, 5) is 2.48. The summed E-state index contributed by atoms with van der Waals surface area (Å²) in [5.74, 6) is 1.95. The van der Waals surface area contributed by atoms with Crippen LogP contribution in [-0.2, 0) is 13.0 Å². The molecule has 0 unspecified atom stereocenters. The first-order valence-electron chi connectivity index (χ1n) is 8.21. The van der Waals surface area contributed by atoms with Crippen LogP contribution in [0.2, 0.25) is 0 Å². The molecule has 22 heavy (non-hydrogen) atoms. The summed E-state index contributed by atoms with van der Waals surface area (Å²) in [5, 5.41) is 4.13. The van der Waals surface area contributed by atoms with Crippen molar-refractivity contribution >= 4 is 0 Å². The Morgan fingerprint density at radius 3 is 2.77 bits per heavy atom. The number of hydrogen-bond donors (Lipinski definition) is 0. The smallest absolute Gasteiger partial charge is 0.154 e. The molecule has 1 saturated heterocycles. The molecule has 2 heterocycles. The Labute approximate surface area is 132 Å². The minimum absolute atomic E-state index is 0.361. The third kappa shape index (κ3) is 3.33. The van der Waals surface area contributed by atoms with Crippen molar-refractivity contribution in [3.8, 4) is 5.75 Å². The number of hydrogen-bond acceptors (Lipinski definition) is 4. The molecule has 0 saturated carbocycles. The van der Waals surface area contributed by atoms with E-state index in [4.69, 9.17) is 9.26 Å². The van der Waals surface area contributed by atoms with Crippen molar-refractivity contribution in [3.05, 3.63) is 47.3 Å². The van der Waals surface area contributed by atoms with Crippen LogP contribution in [-0.4, -0.2) is 23.2 Å². The van der Waals surface area contributed by atoms with Crippen LogP contribution >= 0.6 is 0 Å². The van der Waals surface area contributed by atoms with Gasteiger partial charge in [0.05, 0.1) is 18.3 Å². The largest absolute Gasteiger partial charge is 0.494 e. The van der Waals surface area contributed by atoms with E-state index in [0.29, 0.717) is 12.6 Å². The monoisotopic (exact) mass is 300 g/mol. The quantitative estimate of drug-likeness (QED) is 0.809. The lowest BCUT2D eigenvalue weighted by Gasteiger charge is -2.22. The first-order valence-corrected chi connectivity index (χ1v) is 8.21. The van der Waals surface area contributed by atoms with Crippen LogP contribution in [0.4, 0.5) is 0 Å². The number of benzene rings is 1. The fourth-order valence-electron chi connectivity index (χ4n) is 3.08. The average Bonchev–Trinajstić information content (AvgIpc) is 3.18. The summed E-state index contributed by atoms with van der Waals surface area (Å²) in [7, 11) is 0. The van der Waals surface area contributed by atoms with E-state index in [-0.39, 0.29) is 0 Å². The maximum Gasteiger partial charge on any atom is 0.154 e. The average molecular weight is 300 g/mol. The molecule has 1 fully saturated rings. The molecule has 1 aromatic carbocycles. The summed E-state index contributed by atoms with van der Waals surface area (Å²) >= 11 is 0. The zero-order valence-electron chi connectivity index (χ0n) is 13.4. The molecule has 3 rings (SSSR count). The van der Waals surface area contributed by atoms with Gasteiger partial charge in [0.2, 0.25) is 0 Å². The molecular weight excluding hydrogens is 276 g/mol. The molecular formula is C18H24N2O2. The molecule has 4 nitrogen and oxygen atoms in total. The van der Waals surface area contributed by atoms with E-state index < -0.39 is 0 Å². The van der Waals surface area contributed by atoms with Gasteiger partial charge in [-0.2, -0.15) is 0 Å². The second-order valence-corrected chi connectivity index (χ2v) is 5.78. The van der Waals surface area contributed by atoms with Crippen molar-refractivity contribution in [1.29, 1.82) is 0 Å². The highest BCUT2D eigenvalue weighted by atomic mass is 16.5. The Balaban J connectivity index is 1.67. The van der Waals surface area contributed by atoms with Crippen LogP contribution in [0.25, 0.3) is 0 Å². The highest BCUT2D eigenvalue weighted by Gasteiger charge is 2.29. The molecule has 1 aliphatic rings. The molecule has 0 aliphatic carbocycles. The molecule has 0 amide bonds. The van der Waals surface area contributed by atoms with Crippen LogP contribution in [0.5, 0.6) is 5.75 Å². The zero-order chi connectivity index (χ0) is 15.4. The number of likely N-dealkylation sites (tertiary alicyclic amines) is 1. The van der Waals surface area contributed by atoms with Crippen molar-refractivity contribution in [3.63, 3.8) is 0 Å². The van der Waals surface area contributed by atoms with Gasteiger partial charge in [-0.25, -0.2) is 0 Å². The first kappa shape index (κ1) is 15.1. The van der Waals surface area contributed by atoms with Gasteiger partial charge in [0.25, 0.3) is 0 Å². The van der Waals surface area contributed by atoms with Gasteiger partial charge >= 0.3 is 0 Å². The van der Waals surface area contributed by atoms with Crippen LogP contribution in [0.15, 0.2) is 34.9 Å². The van der Waals surface area contributed by atoms with E-state index in [0.717, 1.165) is 43.1 Å². The molecule has 0 N–H and O–H groups in total. The van der Waals surface area contributed by atoms with Crippen LogP contribution in [0.1, 0.15) is 49.7 Å². The summed E-state index contributed by atoms with van der Waals surface area (Å²) < 4.78 is 11.0. The van der Waals surface area contributed by atoms with Gasteiger partial charge in [-0.05, 0) is 50.4 Å².